The third-order valence-electron chi connectivity index (χ3n) is 3.06. The lowest BCUT2D eigenvalue weighted by Crippen LogP contribution is -2.35. The molecule has 1 heterocycles. The number of carbonyl (C=O) groups is 1. The fourth-order valence-electron chi connectivity index (χ4n) is 1.98. The first-order valence-corrected chi connectivity index (χ1v) is 7.68. The molecule has 0 aromatic rings. The number of hydrogen-bond donors (Lipinski definition) is 0. The number of carbonyl (C=O) groups excluding carboxylic acids is 1. The molecule has 1 fully saturated rings. The molecule has 4 heteroatoms. The Morgan fingerprint density at radius 2 is 1.88 bits per heavy atom. The smallest absolute Gasteiger partial charge is 0.160 e. The van der Waals surface area contributed by atoms with Crippen LogP contribution in [0.25, 0.3) is 0 Å². The van der Waals surface area contributed by atoms with Crippen molar-refractivity contribution in [3.05, 3.63) is 0 Å². The van der Waals surface area contributed by atoms with Crippen molar-refractivity contribution in [3.8, 4) is 0 Å². The van der Waals surface area contributed by atoms with Crippen LogP contribution in [0.5, 0.6) is 0 Å². The van der Waals surface area contributed by atoms with Gasteiger partial charge in [-0.25, -0.2) is 8.42 Å². The van der Waals surface area contributed by atoms with Gasteiger partial charge >= 0.3 is 0 Å². The molecule has 0 radical (unpaired) electrons. The maximum atomic E-state index is 11.9. The van der Waals surface area contributed by atoms with E-state index >= 15 is 0 Å². The Balaban J connectivity index is 2.60. The second-order valence-electron chi connectivity index (χ2n) is 5.88. The standard InChI is InChI=1S/C12H22O3S/c1-12(2,3)8-7-10(13)11-6-4-5-9-16(11,14)15/h11H,4-9H2,1-3H3. The van der Waals surface area contributed by atoms with Crippen LogP contribution in [0.2, 0.25) is 0 Å². The van der Waals surface area contributed by atoms with Crippen molar-refractivity contribution in [2.24, 2.45) is 5.41 Å². The number of hydrogen-bond acceptors (Lipinski definition) is 3. The van der Waals surface area contributed by atoms with E-state index in [4.69, 9.17) is 0 Å². The van der Waals surface area contributed by atoms with Crippen molar-refractivity contribution in [1.29, 1.82) is 0 Å². The molecule has 0 amide bonds. The largest absolute Gasteiger partial charge is 0.298 e. The van der Waals surface area contributed by atoms with Crippen molar-refractivity contribution >= 4 is 15.6 Å². The normalized spacial score (nSPS) is 25.3. The molecule has 0 spiro atoms. The third kappa shape index (κ3) is 3.89. The molecule has 0 bridgehead atoms. The molecular weight excluding hydrogens is 224 g/mol. The summed E-state index contributed by atoms with van der Waals surface area (Å²) in [5, 5.41) is -0.705. The first kappa shape index (κ1) is 13.7. The van der Waals surface area contributed by atoms with Gasteiger partial charge in [-0.05, 0) is 24.7 Å². The van der Waals surface area contributed by atoms with E-state index in [0.717, 1.165) is 12.8 Å². The van der Waals surface area contributed by atoms with Gasteiger partial charge in [-0.2, -0.15) is 0 Å². The zero-order valence-corrected chi connectivity index (χ0v) is 11.3. The Morgan fingerprint density at radius 3 is 2.38 bits per heavy atom. The monoisotopic (exact) mass is 246 g/mol. The molecule has 16 heavy (non-hydrogen) atoms. The second kappa shape index (κ2) is 4.86. The predicted molar refractivity (Wildman–Crippen MR) is 65.1 cm³/mol. The van der Waals surface area contributed by atoms with Gasteiger partial charge in [0, 0.05) is 6.42 Å². The van der Waals surface area contributed by atoms with Crippen LogP contribution in [-0.4, -0.2) is 25.2 Å². The zero-order chi connectivity index (χ0) is 12.4. The average molecular weight is 246 g/mol. The molecular formula is C12H22O3S. The van der Waals surface area contributed by atoms with Crippen molar-refractivity contribution in [3.63, 3.8) is 0 Å². The quantitative estimate of drug-likeness (QED) is 0.768. The molecule has 3 nitrogen and oxygen atoms in total. The van der Waals surface area contributed by atoms with Gasteiger partial charge in [0.25, 0.3) is 0 Å². The van der Waals surface area contributed by atoms with Crippen LogP contribution < -0.4 is 0 Å². The molecule has 0 saturated carbocycles. The molecule has 1 rings (SSSR count). The molecule has 0 aromatic heterocycles. The van der Waals surface area contributed by atoms with Crippen molar-refractivity contribution in [1.82, 2.24) is 0 Å². The van der Waals surface area contributed by atoms with E-state index in [2.05, 4.69) is 20.8 Å². The molecule has 0 N–H and O–H groups in total. The van der Waals surface area contributed by atoms with E-state index in [9.17, 15) is 13.2 Å². The molecule has 0 aromatic carbocycles. The SMILES string of the molecule is CC(C)(C)CCC(=O)C1CCCCS1(=O)=O. The van der Waals surface area contributed by atoms with Crippen LogP contribution in [0, 0.1) is 5.41 Å². The fraction of sp³-hybridized carbons (Fsp3) is 0.917. The Bertz CT molecular complexity index is 349. The van der Waals surface area contributed by atoms with Gasteiger partial charge in [-0.3, -0.25) is 4.79 Å². The highest BCUT2D eigenvalue weighted by Gasteiger charge is 2.34. The molecule has 0 aliphatic carbocycles. The lowest BCUT2D eigenvalue weighted by Gasteiger charge is -2.23. The predicted octanol–water partition coefficient (Wildman–Crippen LogP) is 2.35. The van der Waals surface area contributed by atoms with Gasteiger partial charge in [-0.15, -0.1) is 0 Å². The van der Waals surface area contributed by atoms with Crippen LogP contribution in [-0.2, 0) is 14.6 Å². The van der Waals surface area contributed by atoms with Crippen molar-refractivity contribution in [2.45, 2.75) is 58.1 Å². The third-order valence-corrected chi connectivity index (χ3v) is 5.28. The van der Waals surface area contributed by atoms with Gasteiger partial charge in [0.15, 0.2) is 15.6 Å². The Morgan fingerprint density at radius 1 is 1.25 bits per heavy atom. The second-order valence-corrected chi connectivity index (χ2v) is 8.18. The van der Waals surface area contributed by atoms with Crippen LogP contribution in [0.3, 0.4) is 0 Å². The molecule has 1 aliphatic heterocycles. The number of rotatable bonds is 3. The first-order chi connectivity index (χ1) is 7.22. The van der Waals surface area contributed by atoms with E-state index < -0.39 is 15.1 Å². The summed E-state index contributed by atoms with van der Waals surface area (Å²) in [6.45, 7) is 6.20. The highest BCUT2D eigenvalue weighted by atomic mass is 32.2. The van der Waals surface area contributed by atoms with Gasteiger partial charge in [-0.1, -0.05) is 27.2 Å². The average Bonchev–Trinajstić information content (AvgIpc) is 2.12. The van der Waals surface area contributed by atoms with Crippen LogP contribution >= 0.6 is 0 Å². The van der Waals surface area contributed by atoms with E-state index in [1.807, 2.05) is 0 Å². The number of sulfone groups is 1. The van der Waals surface area contributed by atoms with E-state index in [1.54, 1.807) is 0 Å². The summed E-state index contributed by atoms with van der Waals surface area (Å²) in [5.41, 5.74) is 0.0914. The topological polar surface area (TPSA) is 51.2 Å². The van der Waals surface area contributed by atoms with Crippen molar-refractivity contribution < 1.29 is 13.2 Å². The lowest BCUT2D eigenvalue weighted by atomic mass is 9.89. The minimum absolute atomic E-state index is 0.0744. The molecule has 1 atom stereocenters. The summed E-state index contributed by atoms with van der Waals surface area (Å²) < 4.78 is 23.5. The lowest BCUT2D eigenvalue weighted by molar-refractivity contribution is -0.119. The van der Waals surface area contributed by atoms with Gasteiger partial charge < -0.3 is 0 Å². The summed E-state index contributed by atoms with van der Waals surface area (Å²) in [6.07, 6.45) is 3.27. The Kier molecular flexibility index (Phi) is 4.16. The molecule has 94 valence electrons. The summed E-state index contributed by atoms with van der Waals surface area (Å²) in [7, 11) is -3.14. The van der Waals surface area contributed by atoms with E-state index in [-0.39, 0.29) is 17.0 Å². The molecule has 1 aliphatic rings. The summed E-state index contributed by atoms with van der Waals surface area (Å²) in [5.74, 6) is 0.119. The van der Waals surface area contributed by atoms with Gasteiger partial charge in [0.05, 0.1) is 5.75 Å². The Hall–Kier alpha value is -0.380. The highest BCUT2D eigenvalue weighted by Crippen LogP contribution is 2.25. The summed E-state index contributed by atoms with van der Waals surface area (Å²) in [6, 6.07) is 0. The van der Waals surface area contributed by atoms with Crippen LogP contribution in [0.4, 0.5) is 0 Å². The molecule has 1 saturated heterocycles. The van der Waals surface area contributed by atoms with E-state index in [1.165, 1.54) is 0 Å². The van der Waals surface area contributed by atoms with Gasteiger partial charge in [0.1, 0.15) is 5.25 Å². The summed E-state index contributed by atoms with van der Waals surface area (Å²) >= 11 is 0. The first-order valence-electron chi connectivity index (χ1n) is 5.97. The Labute approximate surface area is 98.5 Å². The van der Waals surface area contributed by atoms with Crippen molar-refractivity contribution in [2.75, 3.05) is 5.75 Å². The minimum atomic E-state index is -3.14. The zero-order valence-electron chi connectivity index (χ0n) is 10.5. The van der Waals surface area contributed by atoms with Gasteiger partial charge in [0.2, 0.25) is 0 Å². The maximum Gasteiger partial charge on any atom is 0.160 e. The number of Topliss-reactive ketones (excluding diaryl/α,β-unsaturated/α-hetero) is 1. The summed E-state index contributed by atoms with van der Waals surface area (Å²) in [4.78, 5) is 11.9. The number of ketones is 1. The fourth-order valence-corrected chi connectivity index (χ4v) is 3.91. The van der Waals surface area contributed by atoms with E-state index in [0.29, 0.717) is 19.3 Å². The van der Waals surface area contributed by atoms with Crippen LogP contribution in [0.1, 0.15) is 52.9 Å². The van der Waals surface area contributed by atoms with Crippen LogP contribution in [0.15, 0.2) is 0 Å². The highest BCUT2D eigenvalue weighted by molar-refractivity contribution is 7.92. The molecule has 1 unspecified atom stereocenters. The minimum Gasteiger partial charge on any atom is -0.298 e. The maximum absolute atomic E-state index is 11.9.